The van der Waals surface area contributed by atoms with Gasteiger partial charge in [-0.1, -0.05) is 53.6 Å². The Balaban J connectivity index is 1.87. The number of nitrogens with zero attached hydrogens (tertiary/aromatic N) is 1. The van der Waals surface area contributed by atoms with Gasteiger partial charge in [0.15, 0.2) is 0 Å². The summed E-state index contributed by atoms with van der Waals surface area (Å²) in [7, 11) is -3.70. The van der Waals surface area contributed by atoms with E-state index in [9.17, 15) is 12.8 Å². The molecule has 5 heteroatoms. The van der Waals surface area contributed by atoms with Crippen LogP contribution in [0, 0.1) is 19.7 Å². The van der Waals surface area contributed by atoms with Gasteiger partial charge in [0.2, 0.25) is 10.0 Å². The topological polar surface area (TPSA) is 37.4 Å². The number of rotatable bonds is 3. The normalized spacial score (nSPS) is 17.3. The Bertz CT molecular complexity index is 1110. The van der Waals surface area contributed by atoms with E-state index in [1.165, 1.54) is 12.1 Å². The molecule has 0 saturated heterocycles. The third-order valence-corrected chi connectivity index (χ3v) is 7.17. The largest absolute Gasteiger partial charge is 0.243 e. The van der Waals surface area contributed by atoms with E-state index in [1.807, 2.05) is 26.0 Å². The quantitative estimate of drug-likeness (QED) is 0.640. The van der Waals surface area contributed by atoms with Crippen LogP contribution in [-0.2, 0) is 16.4 Å². The van der Waals surface area contributed by atoms with Gasteiger partial charge in [-0.05, 0) is 61.2 Å². The fourth-order valence-corrected chi connectivity index (χ4v) is 5.42. The second kappa shape index (κ2) is 7.15. The van der Waals surface area contributed by atoms with Crippen LogP contribution < -0.4 is 0 Å². The Labute approximate surface area is 165 Å². The van der Waals surface area contributed by atoms with Crippen molar-refractivity contribution in [3.63, 3.8) is 0 Å². The molecule has 0 radical (unpaired) electrons. The van der Waals surface area contributed by atoms with Crippen LogP contribution in [0.4, 0.5) is 4.39 Å². The monoisotopic (exact) mass is 395 g/mol. The summed E-state index contributed by atoms with van der Waals surface area (Å²) in [5.41, 5.74) is 5.02. The lowest BCUT2D eigenvalue weighted by Crippen LogP contribution is -2.40. The second-order valence-corrected chi connectivity index (χ2v) is 9.23. The molecule has 0 bridgehead atoms. The van der Waals surface area contributed by atoms with E-state index in [2.05, 4.69) is 6.07 Å². The highest BCUT2D eigenvalue weighted by Crippen LogP contribution is 2.39. The first-order valence-corrected chi connectivity index (χ1v) is 10.7. The summed E-state index contributed by atoms with van der Waals surface area (Å²) in [5, 5.41) is 0. The van der Waals surface area contributed by atoms with E-state index >= 15 is 0 Å². The van der Waals surface area contributed by atoms with Crippen molar-refractivity contribution in [1.29, 1.82) is 0 Å². The van der Waals surface area contributed by atoms with Gasteiger partial charge in [0.1, 0.15) is 5.82 Å². The lowest BCUT2D eigenvalue weighted by Gasteiger charge is -2.37. The van der Waals surface area contributed by atoms with Gasteiger partial charge in [-0.3, -0.25) is 0 Å². The molecule has 144 valence electrons. The molecule has 0 aromatic heterocycles. The maximum absolute atomic E-state index is 13.5. The zero-order valence-corrected chi connectivity index (χ0v) is 16.7. The van der Waals surface area contributed by atoms with Crippen molar-refractivity contribution in [2.75, 3.05) is 6.54 Å². The highest BCUT2D eigenvalue weighted by atomic mass is 32.2. The minimum absolute atomic E-state index is 0.278. The van der Waals surface area contributed by atoms with Gasteiger partial charge < -0.3 is 0 Å². The molecule has 28 heavy (non-hydrogen) atoms. The van der Waals surface area contributed by atoms with E-state index < -0.39 is 16.1 Å². The lowest BCUT2D eigenvalue weighted by molar-refractivity contribution is 0.344. The number of aryl methyl sites for hydroxylation is 2. The molecule has 4 rings (SSSR count). The molecule has 0 spiro atoms. The third kappa shape index (κ3) is 3.36. The first-order valence-electron chi connectivity index (χ1n) is 9.30. The minimum Gasteiger partial charge on any atom is -0.207 e. The average Bonchev–Trinajstić information content (AvgIpc) is 2.68. The van der Waals surface area contributed by atoms with Gasteiger partial charge in [-0.15, -0.1) is 0 Å². The van der Waals surface area contributed by atoms with Crippen molar-refractivity contribution in [2.45, 2.75) is 31.2 Å². The Morgan fingerprint density at radius 2 is 1.54 bits per heavy atom. The molecule has 0 amide bonds. The molecule has 0 fully saturated rings. The summed E-state index contributed by atoms with van der Waals surface area (Å²) in [4.78, 5) is 0.278. The highest BCUT2D eigenvalue weighted by Gasteiger charge is 2.37. The number of fused-ring (bicyclic) bond motifs is 1. The van der Waals surface area contributed by atoms with Crippen LogP contribution in [0.3, 0.4) is 0 Å². The summed E-state index contributed by atoms with van der Waals surface area (Å²) in [6.07, 6.45) is 0.653. The fraction of sp³-hybridized carbons (Fsp3) is 0.217. The number of hydrogen-bond acceptors (Lipinski definition) is 2. The first-order chi connectivity index (χ1) is 13.4. The zero-order chi connectivity index (χ0) is 19.9. The highest BCUT2D eigenvalue weighted by molar-refractivity contribution is 7.89. The zero-order valence-electron chi connectivity index (χ0n) is 15.9. The molecule has 1 atom stereocenters. The Kier molecular flexibility index (Phi) is 4.81. The Morgan fingerprint density at radius 1 is 0.893 bits per heavy atom. The van der Waals surface area contributed by atoms with Crippen molar-refractivity contribution >= 4 is 10.0 Å². The average molecular weight is 395 g/mol. The standard InChI is InChI=1S/C23H22FNO2S/c1-16-3-10-21(11-4-16)28(26,27)25-14-13-19-15-17(2)5-12-22(19)23(25)18-6-8-20(24)9-7-18/h3-12,15,23H,13-14H2,1-2H3. The summed E-state index contributed by atoms with van der Waals surface area (Å²) in [6, 6.07) is 18.7. The Morgan fingerprint density at radius 3 is 2.21 bits per heavy atom. The lowest BCUT2D eigenvalue weighted by atomic mass is 9.89. The molecule has 1 unspecified atom stereocenters. The summed E-state index contributed by atoms with van der Waals surface area (Å²) < 4.78 is 42.0. The fourth-order valence-electron chi connectivity index (χ4n) is 3.83. The van der Waals surface area contributed by atoms with Crippen LogP contribution in [0.1, 0.15) is 33.9 Å². The number of benzene rings is 3. The van der Waals surface area contributed by atoms with Gasteiger partial charge in [0.25, 0.3) is 0 Å². The summed E-state index contributed by atoms with van der Waals surface area (Å²) in [5.74, 6) is -0.336. The molecule has 1 heterocycles. The molecule has 1 aliphatic heterocycles. The summed E-state index contributed by atoms with van der Waals surface area (Å²) >= 11 is 0. The number of halogens is 1. The smallest absolute Gasteiger partial charge is 0.207 e. The maximum atomic E-state index is 13.5. The molecule has 1 aliphatic rings. The van der Waals surface area contributed by atoms with Crippen molar-refractivity contribution in [3.8, 4) is 0 Å². The number of hydrogen-bond donors (Lipinski definition) is 0. The van der Waals surface area contributed by atoms with Gasteiger partial charge in [0.05, 0.1) is 10.9 Å². The molecule has 0 saturated carbocycles. The molecule has 3 aromatic rings. The maximum Gasteiger partial charge on any atom is 0.243 e. The van der Waals surface area contributed by atoms with Crippen LogP contribution >= 0.6 is 0 Å². The molecule has 0 N–H and O–H groups in total. The Hall–Kier alpha value is -2.50. The van der Waals surface area contributed by atoms with Crippen molar-refractivity contribution in [1.82, 2.24) is 4.31 Å². The third-order valence-electron chi connectivity index (χ3n) is 5.30. The van der Waals surface area contributed by atoms with Crippen molar-refractivity contribution in [3.05, 3.63) is 100 Å². The van der Waals surface area contributed by atoms with E-state index in [0.717, 1.165) is 27.8 Å². The van der Waals surface area contributed by atoms with Gasteiger partial charge in [-0.2, -0.15) is 4.31 Å². The van der Waals surface area contributed by atoms with Crippen LogP contribution in [0.25, 0.3) is 0 Å². The number of sulfonamides is 1. The SMILES string of the molecule is Cc1ccc(S(=O)(=O)N2CCc3cc(C)ccc3C2c2ccc(F)cc2)cc1. The summed E-state index contributed by atoms with van der Waals surface area (Å²) in [6.45, 7) is 4.34. The predicted molar refractivity (Wildman–Crippen MR) is 108 cm³/mol. The van der Waals surface area contributed by atoms with E-state index in [4.69, 9.17) is 0 Å². The van der Waals surface area contributed by atoms with E-state index in [-0.39, 0.29) is 10.7 Å². The molecular weight excluding hydrogens is 373 g/mol. The van der Waals surface area contributed by atoms with E-state index in [1.54, 1.807) is 40.7 Å². The van der Waals surface area contributed by atoms with Crippen LogP contribution in [-0.4, -0.2) is 19.3 Å². The van der Waals surface area contributed by atoms with Crippen molar-refractivity contribution < 1.29 is 12.8 Å². The second-order valence-electron chi connectivity index (χ2n) is 7.34. The van der Waals surface area contributed by atoms with E-state index in [0.29, 0.717) is 13.0 Å². The minimum atomic E-state index is -3.70. The first kappa shape index (κ1) is 18.8. The van der Waals surface area contributed by atoms with Crippen LogP contribution in [0.15, 0.2) is 71.6 Å². The molecule has 0 aliphatic carbocycles. The predicted octanol–water partition coefficient (Wildman–Crippen LogP) is 4.78. The van der Waals surface area contributed by atoms with Gasteiger partial charge in [-0.25, -0.2) is 12.8 Å². The van der Waals surface area contributed by atoms with Gasteiger partial charge >= 0.3 is 0 Å². The van der Waals surface area contributed by atoms with Crippen LogP contribution in [0.5, 0.6) is 0 Å². The van der Waals surface area contributed by atoms with Gasteiger partial charge in [0, 0.05) is 6.54 Å². The molecular formula is C23H22FNO2S. The van der Waals surface area contributed by atoms with Crippen LogP contribution in [0.2, 0.25) is 0 Å². The van der Waals surface area contributed by atoms with Crippen molar-refractivity contribution in [2.24, 2.45) is 0 Å². The molecule has 3 nitrogen and oxygen atoms in total. The molecule has 3 aromatic carbocycles.